The number of aromatic hydroxyl groups is 1. The molecule has 0 aromatic heterocycles. The zero-order valence-electron chi connectivity index (χ0n) is 9.57. The van der Waals surface area contributed by atoms with Gasteiger partial charge in [0.05, 0.1) is 21.9 Å². The second-order valence-electron chi connectivity index (χ2n) is 3.71. The van der Waals surface area contributed by atoms with Crippen molar-refractivity contribution in [3.8, 4) is 5.75 Å². The Morgan fingerprint density at radius 3 is 2.37 bits per heavy atom. The van der Waals surface area contributed by atoms with Crippen molar-refractivity contribution in [1.29, 1.82) is 0 Å². The number of hydrogen-bond acceptors (Lipinski definition) is 3. The molecule has 0 saturated heterocycles. The first-order chi connectivity index (χ1) is 9.06. The number of benzene rings is 2. The fraction of sp³-hybridized carbons (Fsp3) is 0. The van der Waals surface area contributed by atoms with Gasteiger partial charge in [0.15, 0.2) is 0 Å². The second-order valence-corrected chi connectivity index (χ2v) is 4.96. The summed E-state index contributed by atoms with van der Waals surface area (Å²) >= 11 is 17.8. The van der Waals surface area contributed by atoms with E-state index in [0.717, 1.165) is 5.56 Å². The van der Waals surface area contributed by atoms with E-state index in [2.05, 4.69) is 10.5 Å². The van der Waals surface area contributed by atoms with Gasteiger partial charge in [0.2, 0.25) is 0 Å². The molecular formula is C13H9Cl3N2O. The fourth-order valence-corrected chi connectivity index (χ4v) is 2.33. The van der Waals surface area contributed by atoms with E-state index in [4.69, 9.17) is 34.8 Å². The molecule has 0 aliphatic heterocycles. The van der Waals surface area contributed by atoms with Gasteiger partial charge >= 0.3 is 0 Å². The predicted molar refractivity (Wildman–Crippen MR) is 80.8 cm³/mol. The molecule has 6 heteroatoms. The van der Waals surface area contributed by atoms with Gasteiger partial charge in [-0.05, 0) is 29.8 Å². The number of nitrogens with one attached hydrogen (secondary N) is 1. The van der Waals surface area contributed by atoms with Crippen molar-refractivity contribution in [3.05, 3.63) is 57.0 Å². The quantitative estimate of drug-likeness (QED) is 0.631. The van der Waals surface area contributed by atoms with Crippen molar-refractivity contribution in [2.45, 2.75) is 0 Å². The first-order valence-corrected chi connectivity index (χ1v) is 6.42. The normalized spacial score (nSPS) is 10.9. The lowest BCUT2D eigenvalue weighted by Gasteiger charge is -2.06. The van der Waals surface area contributed by atoms with Crippen molar-refractivity contribution in [1.82, 2.24) is 0 Å². The third kappa shape index (κ3) is 3.77. The van der Waals surface area contributed by atoms with E-state index in [-0.39, 0.29) is 5.75 Å². The van der Waals surface area contributed by atoms with Crippen molar-refractivity contribution < 1.29 is 5.11 Å². The van der Waals surface area contributed by atoms with Crippen LogP contribution in [0.15, 0.2) is 41.5 Å². The summed E-state index contributed by atoms with van der Waals surface area (Å²) in [7, 11) is 0. The van der Waals surface area contributed by atoms with Gasteiger partial charge in [-0.1, -0.05) is 46.9 Å². The smallest absolute Gasteiger partial charge is 0.116 e. The Labute approximate surface area is 125 Å². The molecule has 2 rings (SSSR count). The minimum absolute atomic E-state index is 0.173. The maximum Gasteiger partial charge on any atom is 0.116 e. The Kier molecular flexibility index (Phi) is 4.53. The SMILES string of the molecule is Oc1cccc(/C=N/Nc2c(Cl)cc(Cl)cc2Cl)c1. The molecule has 0 aliphatic rings. The van der Waals surface area contributed by atoms with Crippen LogP contribution in [0.4, 0.5) is 5.69 Å². The van der Waals surface area contributed by atoms with E-state index in [0.29, 0.717) is 20.8 Å². The average molecular weight is 316 g/mol. The van der Waals surface area contributed by atoms with Crippen molar-refractivity contribution >= 4 is 46.7 Å². The predicted octanol–water partition coefficient (Wildman–Crippen LogP) is 4.80. The van der Waals surface area contributed by atoms with Crippen LogP contribution in [0.1, 0.15) is 5.56 Å². The first-order valence-electron chi connectivity index (χ1n) is 5.29. The molecule has 19 heavy (non-hydrogen) atoms. The molecule has 0 amide bonds. The highest BCUT2D eigenvalue weighted by molar-refractivity contribution is 6.41. The number of phenols is 1. The Hall–Kier alpha value is -1.42. The van der Waals surface area contributed by atoms with Crippen LogP contribution in [0.3, 0.4) is 0 Å². The molecule has 0 radical (unpaired) electrons. The highest BCUT2D eigenvalue weighted by Crippen LogP contribution is 2.33. The van der Waals surface area contributed by atoms with Gasteiger partial charge in [-0.25, -0.2) is 0 Å². The number of anilines is 1. The third-order valence-electron chi connectivity index (χ3n) is 2.27. The molecule has 0 spiro atoms. The molecule has 2 aromatic rings. The first kappa shape index (κ1) is 14.0. The van der Waals surface area contributed by atoms with Crippen molar-refractivity contribution in [3.63, 3.8) is 0 Å². The number of hydrazone groups is 1. The Bertz CT molecular complexity index is 606. The topological polar surface area (TPSA) is 44.6 Å². The van der Waals surface area contributed by atoms with Crippen LogP contribution < -0.4 is 5.43 Å². The standard InChI is InChI=1S/C13H9Cl3N2O/c14-9-5-11(15)13(12(16)6-9)18-17-7-8-2-1-3-10(19)4-8/h1-7,18-19H/b17-7+. The number of phenolic OH excluding ortho intramolecular Hbond substituents is 1. The lowest BCUT2D eigenvalue weighted by molar-refractivity contribution is 0.475. The van der Waals surface area contributed by atoms with Gasteiger partial charge in [0.1, 0.15) is 5.75 Å². The lowest BCUT2D eigenvalue weighted by atomic mass is 10.2. The maximum absolute atomic E-state index is 9.31. The minimum atomic E-state index is 0.173. The molecule has 2 N–H and O–H groups in total. The molecular weight excluding hydrogens is 307 g/mol. The van der Waals surface area contributed by atoms with Gasteiger partial charge in [-0.3, -0.25) is 5.43 Å². The van der Waals surface area contributed by atoms with Gasteiger partial charge < -0.3 is 5.11 Å². The highest BCUT2D eigenvalue weighted by Gasteiger charge is 2.06. The molecule has 3 nitrogen and oxygen atoms in total. The minimum Gasteiger partial charge on any atom is -0.508 e. The zero-order chi connectivity index (χ0) is 13.8. The summed E-state index contributed by atoms with van der Waals surface area (Å²) in [6.07, 6.45) is 1.54. The molecule has 98 valence electrons. The lowest BCUT2D eigenvalue weighted by Crippen LogP contribution is -1.92. The van der Waals surface area contributed by atoms with E-state index in [1.165, 1.54) is 0 Å². The van der Waals surface area contributed by atoms with Crippen molar-refractivity contribution in [2.75, 3.05) is 5.43 Å². The summed E-state index contributed by atoms with van der Waals surface area (Å²) in [6, 6.07) is 9.82. The zero-order valence-corrected chi connectivity index (χ0v) is 11.8. The van der Waals surface area contributed by atoms with Crippen LogP contribution in [0.2, 0.25) is 15.1 Å². The summed E-state index contributed by atoms with van der Waals surface area (Å²) in [4.78, 5) is 0. The van der Waals surface area contributed by atoms with Crippen LogP contribution in [0.25, 0.3) is 0 Å². The van der Waals surface area contributed by atoms with Gasteiger partial charge in [-0.2, -0.15) is 5.10 Å². The van der Waals surface area contributed by atoms with Crippen LogP contribution in [-0.4, -0.2) is 11.3 Å². The van der Waals surface area contributed by atoms with Crippen LogP contribution in [0, 0.1) is 0 Å². The van der Waals surface area contributed by atoms with Crippen LogP contribution in [-0.2, 0) is 0 Å². The van der Waals surface area contributed by atoms with Gasteiger partial charge in [0, 0.05) is 5.02 Å². The second kappa shape index (κ2) is 6.15. The average Bonchev–Trinajstić information content (AvgIpc) is 2.32. The molecule has 0 heterocycles. The largest absolute Gasteiger partial charge is 0.508 e. The maximum atomic E-state index is 9.31. The van der Waals surface area contributed by atoms with E-state index in [1.54, 1.807) is 42.6 Å². The summed E-state index contributed by atoms with van der Waals surface area (Å²) in [5.74, 6) is 0.173. The van der Waals surface area contributed by atoms with E-state index < -0.39 is 0 Å². The summed E-state index contributed by atoms with van der Waals surface area (Å²) in [5, 5.41) is 14.5. The van der Waals surface area contributed by atoms with E-state index >= 15 is 0 Å². The van der Waals surface area contributed by atoms with Gasteiger partial charge in [0.25, 0.3) is 0 Å². The Morgan fingerprint density at radius 2 is 1.74 bits per heavy atom. The molecule has 0 unspecified atom stereocenters. The monoisotopic (exact) mass is 314 g/mol. The Morgan fingerprint density at radius 1 is 1.05 bits per heavy atom. The van der Waals surface area contributed by atoms with Crippen molar-refractivity contribution in [2.24, 2.45) is 5.10 Å². The number of halogens is 3. The van der Waals surface area contributed by atoms with E-state index in [9.17, 15) is 5.11 Å². The van der Waals surface area contributed by atoms with Crippen LogP contribution >= 0.6 is 34.8 Å². The summed E-state index contributed by atoms with van der Waals surface area (Å²) in [6.45, 7) is 0. The molecule has 0 aliphatic carbocycles. The third-order valence-corrected chi connectivity index (χ3v) is 3.08. The van der Waals surface area contributed by atoms with Gasteiger partial charge in [-0.15, -0.1) is 0 Å². The number of rotatable bonds is 3. The fourth-order valence-electron chi connectivity index (χ4n) is 1.43. The highest BCUT2D eigenvalue weighted by atomic mass is 35.5. The molecule has 2 aromatic carbocycles. The number of nitrogens with zero attached hydrogens (tertiary/aromatic N) is 1. The Balaban J connectivity index is 2.15. The molecule has 0 fully saturated rings. The summed E-state index contributed by atoms with van der Waals surface area (Å²) in [5.41, 5.74) is 3.96. The number of hydrogen-bond donors (Lipinski definition) is 2. The molecule has 0 saturated carbocycles. The molecule has 0 bridgehead atoms. The summed E-state index contributed by atoms with van der Waals surface area (Å²) < 4.78 is 0. The van der Waals surface area contributed by atoms with Crippen LogP contribution in [0.5, 0.6) is 5.75 Å². The van der Waals surface area contributed by atoms with E-state index in [1.807, 2.05) is 0 Å². The molecule has 0 atom stereocenters.